The number of aromatic nitrogens is 2. The number of aryl methyl sites for hydroxylation is 1. The molecular formula is C12H14N4O2S2. The van der Waals surface area contributed by atoms with Gasteiger partial charge in [0.1, 0.15) is 10.8 Å². The lowest BCUT2D eigenvalue weighted by atomic mass is 10.2. The van der Waals surface area contributed by atoms with E-state index in [0.29, 0.717) is 17.9 Å². The van der Waals surface area contributed by atoms with Gasteiger partial charge < -0.3 is 4.74 Å². The van der Waals surface area contributed by atoms with Crippen molar-refractivity contribution >= 4 is 29.0 Å². The average molecular weight is 310 g/mol. The fraction of sp³-hybridized carbons (Fsp3) is 0.250. The Labute approximate surface area is 124 Å². The standard InChI is InChI=1S/C12H14N4O2S2/c1-8-15-16-12(20-8)19-6-5-18-10-4-2-3-9(7-10)11(17)14-13/h2-4,7H,5-6,13H2,1H3,(H,14,17). The minimum Gasteiger partial charge on any atom is -0.493 e. The average Bonchev–Trinajstić information content (AvgIpc) is 2.88. The maximum atomic E-state index is 11.4. The second kappa shape index (κ2) is 7.22. The molecule has 0 fully saturated rings. The lowest BCUT2D eigenvalue weighted by Gasteiger charge is -2.06. The van der Waals surface area contributed by atoms with Crippen LogP contribution in [-0.2, 0) is 0 Å². The van der Waals surface area contributed by atoms with E-state index in [4.69, 9.17) is 10.6 Å². The smallest absolute Gasteiger partial charge is 0.265 e. The number of nitrogen functional groups attached to an aromatic ring is 1. The van der Waals surface area contributed by atoms with Crippen molar-refractivity contribution < 1.29 is 9.53 Å². The lowest BCUT2D eigenvalue weighted by Crippen LogP contribution is -2.29. The molecule has 0 aliphatic heterocycles. The van der Waals surface area contributed by atoms with E-state index in [-0.39, 0.29) is 5.91 Å². The van der Waals surface area contributed by atoms with Crippen LogP contribution in [0.5, 0.6) is 5.75 Å². The van der Waals surface area contributed by atoms with E-state index in [2.05, 4.69) is 15.6 Å². The number of ether oxygens (including phenoxy) is 1. The summed E-state index contributed by atoms with van der Waals surface area (Å²) in [5.41, 5.74) is 2.56. The summed E-state index contributed by atoms with van der Waals surface area (Å²) in [7, 11) is 0. The maximum Gasteiger partial charge on any atom is 0.265 e. The first-order valence-electron chi connectivity index (χ1n) is 5.86. The molecule has 0 spiro atoms. The molecule has 1 heterocycles. The van der Waals surface area contributed by atoms with Gasteiger partial charge >= 0.3 is 0 Å². The molecule has 6 nitrogen and oxygen atoms in total. The molecule has 2 aromatic rings. The normalized spacial score (nSPS) is 10.3. The Morgan fingerprint density at radius 1 is 1.50 bits per heavy atom. The van der Waals surface area contributed by atoms with Crippen molar-refractivity contribution in [1.29, 1.82) is 0 Å². The van der Waals surface area contributed by atoms with E-state index in [0.717, 1.165) is 15.1 Å². The van der Waals surface area contributed by atoms with Gasteiger partial charge in [0.05, 0.1) is 6.61 Å². The summed E-state index contributed by atoms with van der Waals surface area (Å²) in [6.45, 7) is 2.45. The molecular weight excluding hydrogens is 296 g/mol. The zero-order valence-corrected chi connectivity index (χ0v) is 12.5. The van der Waals surface area contributed by atoms with Gasteiger partial charge in [-0.2, -0.15) is 0 Å². The number of nitrogens with one attached hydrogen (secondary N) is 1. The Bertz CT molecular complexity index is 588. The zero-order valence-electron chi connectivity index (χ0n) is 10.8. The molecule has 0 saturated carbocycles. The third-order valence-corrected chi connectivity index (χ3v) is 4.25. The predicted octanol–water partition coefficient (Wildman–Crippen LogP) is 1.62. The SMILES string of the molecule is Cc1nnc(SCCOc2cccc(C(=O)NN)c2)s1. The molecule has 0 aliphatic carbocycles. The van der Waals surface area contributed by atoms with Crippen molar-refractivity contribution in [2.75, 3.05) is 12.4 Å². The molecule has 0 bridgehead atoms. The topological polar surface area (TPSA) is 90.1 Å². The van der Waals surface area contributed by atoms with Gasteiger partial charge in [0.15, 0.2) is 4.34 Å². The molecule has 8 heteroatoms. The first-order valence-corrected chi connectivity index (χ1v) is 7.66. The Morgan fingerprint density at radius 3 is 3.05 bits per heavy atom. The second-order valence-corrected chi connectivity index (χ2v) is 6.31. The van der Waals surface area contributed by atoms with Crippen LogP contribution < -0.4 is 16.0 Å². The van der Waals surface area contributed by atoms with Crippen molar-refractivity contribution in [3.05, 3.63) is 34.8 Å². The number of nitrogens with zero attached hydrogens (tertiary/aromatic N) is 2. The summed E-state index contributed by atoms with van der Waals surface area (Å²) in [4.78, 5) is 11.4. The zero-order chi connectivity index (χ0) is 14.4. The van der Waals surface area contributed by atoms with Crippen LogP contribution >= 0.6 is 23.1 Å². The molecule has 3 N–H and O–H groups in total. The van der Waals surface area contributed by atoms with Crippen molar-refractivity contribution in [3.8, 4) is 5.75 Å². The molecule has 0 atom stereocenters. The number of benzene rings is 1. The predicted molar refractivity (Wildman–Crippen MR) is 79.0 cm³/mol. The molecule has 1 aromatic carbocycles. The van der Waals surface area contributed by atoms with Crippen molar-refractivity contribution in [3.63, 3.8) is 0 Å². The van der Waals surface area contributed by atoms with Gasteiger partial charge in [0.25, 0.3) is 5.91 Å². The molecule has 2 rings (SSSR count). The van der Waals surface area contributed by atoms with E-state index in [9.17, 15) is 4.79 Å². The van der Waals surface area contributed by atoms with Gasteiger partial charge in [-0.15, -0.1) is 10.2 Å². The fourth-order valence-electron chi connectivity index (χ4n) is 1.44. The van der Waals surface area contributed by atoms with E-state index in [1.165, 1.54) is 0 Å². The number of hydrazine groups is 1. The Balaban J connectivity index is 1.80. The van der Waals surface area contributed by atoms with Crippen molar-refractivity contribution in [2.24, 2.45) is 5.84 Å². The minimum atomic E-state index is -0.339. The Kier molecular flexibility index (Phi) is 5.33. The summed E-state index contributed by atoms with van der Waals surface area (Å²) in [6.07, 6.45) is 0. The van der Waals surface area contributed by atoms with Crippen LogP contribution in [0, 0.1) is 6.92 Å². The van der Waals surface area contributed by atoms with Gasteiger partial charge in [0, 0.05) is 11.3 Å². The van der Waals surface area contributed by atoms with E-state index in [1.54, 1.807) is 47.4 Å². The molecule has 0 radical (unpaired) electrons. The van der Waals surface area contributed by atoms with Gasteiger partial charge in [-0.05, 0) is 25.1 Å². The van der Waals surface area contributed by atoms with E-state index in [1.807, 2.05) is 6.92 Å². The summed E-state index contributed by atoms with van der Waals surface area (Å²) in [6, 6.07) is 6.88. The molecule has 0 saturated heterocycles. The largest absolute Gasteiger partial charge is 0.493 e. The van der Waals surface area contributed by atoms with Crippen LogP contribution in [-0.4, -0.2) is 28.5 Å². The number of hydrogen-bond acceptors (Lipinski definition) is 7. The third kappa shape index (κ3) is 4.19. The van der Waals surface area contributed by atoms with Crippen LogP contribution in [0.2, 0.25) is 0 Å². The van der Waals surface area contributed by atoms with Gasteiger partial charge in [-0.3, -0.25) is 10.2 Å². The number of amides is 1. The highest BCUT2D eigenvalue weighted by atomic mass is 32.2. The van der Waals surface area contributed by atoms with Crippen molar-refractivity contribution in [1.82, 2.24) is 15.6 Å². The summed E-state index contributed by atoms with van der Waals surface area (Å²) in [5, 5.41) is 8.92. The highest BCUT2D eigenvalue weighted by molar-refractivity contribution is 8.01. The van der Waals surface area contributed by atoms with Crippen molar-refractivity contribution in [2.45, 2.75) is 11.3 Å². The van der Waals surface area contributed by atoms with Crippen LogP contribution in [0.25, 0.3) is 0 Å². The molecule has 0 aliphatic rings. The molecule has 0 unspecified atom stereocenters. The third-order valence-electron chi connectivity index (χ3n) is 2.31. The van der Waals surface area contributed by atoms with Gasteiger partial charge in [0.2, 0.25) is 0 Å². The van der Waals surface area contributed by atoms with Gasteiger partial charge in [-0.1, -0.05) is 29.2 Å². The van der Waals surface area contributed by atoms with Crippen LogP contribution in [0.15, 0.2) is 28.6 Å². The molecule has 106 valence electrons. The second-order valence-electron chi connectivity index (χ2n) is 3.79. The first-order chi connectivity index (χ1) is 9.69. The maximum absolute atomic E-state index is 11.4. The number of carbonyl (C=O) groups is 1. The Morgan fingerprint density at radius 2 is 2.35 bits per heavy atom. The molecule has 1 amide bonds. The Hall–Kier alpha value is -1.64. The number of rotatable bonds is 6. The van der Waals surface area contributed by atoms with Gasteiger partial charge in [-0.25, -0.2) is 5.84 Å². The summed E-state index contributed by atoms with van der Waals surface area (Å²) < 4.78 is 6.52. The van der Waals surface area contributed by atoms with Crippen LogP contribution in [0.3, 0.4) is 0 Å². The summed E-state index contributed by atoms with van der Waals surface area (Å²) >= 11 is 3.16. The minimum absolute atomic E-state index is 0.339. The van der Waals surface area contributed by atoms with E-state index < -0.39 is 0 Å². The number of hydrogen-bond donors (Lipinski definition) is 2. The fourth-order valence-corrected chi connectivity index (χ4v) is 3.14. The number of carbonyl (C=O) groups excluding carboxylic acids is 1. The lowest BCUT2D eigenvalue weighted by molar-refractivity contribution is 0.0953. The highest BCUT2D eigenvalue weighted by Crippen LogP contribution is 2.22. The summed E-state index contributed by atoms with van der Waals surface area (Å²) in [5.74, 6) is 6.15. The number of thioether (sulfide) groups is 1. The molecule has 20 heavy (non-hydrogen) atoms. The number of nitrogens with two attached hydrogens (primary N) is 1. The van der Waals surface area contributed by atoms with Crippen LogP contribution in [0.1, 0.15) is 15.4 Å². The monoisotopic (exact) mass is 310 g/mol. The van der Waals surface area contributed by atoms with E-state index >= 15 is 0 Å². The highest BCUT2D eigenvalue weighted by Gasteiger charge is 2.05. The molecule has 1 aromatic heterocycles. The first kappa shape index (κ1) is 14.8. The quantitative estimate of drug-likeness (QED) is 0.277. The van der Waals surface area contributed by atoms with Crippen LogP contribution in [0.4, 0.5) is 0 Å².